The van der Waals surface area contributed by atoms with Crippen LogP contribution in [0.1, 0.15) is 386 Å². The van der Waals surface area contributed by atoms with E-state index < -0.39 is 24.3 Å². The Labute approximate surface area is 625 Å². The number of carboxylic acid groups (broad SMARTS) is 1. The molecular formula is C92H161NO8. The van der Waals surface area contributed by atoms with Gasteiger partial charge in [-0.15, -0.1) is 0 Å². The highest BCUT2D eigenvalue weighted by Gasteiger charge is 2.22. The number of hydrogen-bond acceptors (Lipinski definition) is 8. The lowest BCUT2D eigenvalue weighted by molar-refractivity contribution is -0.870. The fraction of sp³-hybridized carbons (Fsp3) is 0.750. The summed E-state index contributed by atoms with van der Waals surface area (Å²) in [5, 5.41) is 11.9. The van der Waals surface area contributed by atoms with E-state index >= 15 is 0 Å². The number of esters is 2. The molecule has 2 atom stereocenters. The molecule has 9 nitrogen and oxygen atoms in total. The molecule has 0 aliphatic carbocycles. The average Bonchev–Trinajstić information content (AvgIpc) is 1.25. The largest absolute Gasteiger partial charge is 0.545 e. The van der Waals surface area contributed by atoms with Crippen molar-refractivity contribution in [3.8, 4) is 0 Å². The zero-order valence-corrected chi connectivity index (χ0v) is 66.8. The minimum Gasteiger partial charge on any atom is -0.545 e. The van der Waals surface area contributed by atoms with Gasteiger partial charge < -0.3 is 33.3 Å². The first-order valence-corrected chi connectivity index (χ1v) is 42.7. The number of carboxylic acids is 1. The predicted molar refractivity (Wildman–Crippen MR) is 435 cm³/mol. The number of carbonyl (C=O) groups is 3. The summed E-state index contributed by atoms with van der Waals surface area (Å²) in [6.45, 7) is 4.67. The molecule has 0 aromatic carbocycles. The summed E-state index contributed by atoms with van der Waals surface area (Å²) in [6.07, 6.45) is 113. The topological polar surface area (TPSA) is 111 Å². The number of quaternary nitrogens is 1. The number of rotatable bonds is 79. The van der Waals surface area contributed by atoms with Gasteiger partial charge >= 0.3 is 11.9 Å². The number of unbranched alkanes of at least 4 members (excludes halogenated alkanes) is 44. The summed E-state index contributed by atoms with van der Waals surface area (Å²) in [6, 6.07) is 0. The van der Waals surface area contributed by atoms with Gasteiger partial charge in [-0.25, -0.2) is 0 Å². The third kappa shape index (κ3) is 82.8. The molecular weight excluding hydrogens is 1250 g/mol. The Morgan fingerprint density at radius 1 is 0.307 bits per heavy atom. The standard InChI is InChI=1S/C92H161NO8/c1-6-8-10-12-14-16-18-20-22-24-26-28-30-32-34-36-38-40-42-44-45-47-48-50-52-54-56-58-60-62-64-66-68-70-72-74-76-78-80-82-89(94)99-86-88(87-100-92(91(96)97)98-85-84-93(3,4)5)101-90(95)83-81-79-77-75-73-71-69-67-65-63-61-59-57-55-53-51-49-46-43-41-39-37-35-33-31-29-27-25-23-21-19-17-15-13-11-9-7-2/h9,11,15,17-18,20-21,23-24,26-27,29-30,32-33,35,39,41,46,49,88,92H,6-8,10,12-14,16,19,22,25,28,31,34,36-38,40,42-45,47-48,50-87H2,1-5H3/b11-9-,17-15-,20-18-,23-21-,26-24-,29-27-,32-30-,35-33-,41-39-,49-46-. The van der Waals surface area contributed by atoms with Crippen LogP contribution in [0.15, 0.2) is 122 Å². The van der Waals surface area contributed by atoms with Crippen LogP contribution in [0, 0.1) is 0 Å². The van der Waals surface area contributed by atoms with Crippen molar-refractivity contribution in [1.29, 1.82) is 0 Å². The van der Waals surface area contributed by atoms with E-state index in [1.165, 1.54) is 257 Å². The van der Waals surface area contributed by atoms with Gasteiger partial charge in [0, 0.05) is 12.8 Å². The van der Waals surface area contributed by atoms with Crippen molar-refractivity contribution in [2.24, 2.45) is 0 Å². The summed E-state index contributed by atoms with van der Waals surface area (Å²) >= 11 is 0. The van der Waals surface area contributed by atoms with Gasteiger partial charge in [-0.05, 0) is 109 Å². The number of ether oxygens (including phenoxy) is 4. The molecule has 0 N–H and O–H groups in total. The third-order valence-corrected chi connectivity index (χ3v) is 18.7. The average molecular weight is 1410 g/mol. The van der Waals surface area contributed by atoms with E-state index in [1.54, 1.807) is 0 Å². The number of aliphatic carboxylic acids is 1. The van der Waals surface area contributed by atoms with Gasteiger partial charge in [-0.2, -0.15) is 0 Å². The highest BCUT2D eigenvalue weighted by molar-refractivity contribution is 5.70. The zero-order chi connectivity index (χ0) is 73.2. The molecule has 9 heteroatoms. The van der Waals surface area contributed by atoms with Crippen LogP contribution in [-0.4, -0.2) is 82.3 Å². The second kappa shape index (κ2) is 81.4. The van der Waals surface area contributed by atoms with Crippen molar-refractivity contribution in [3.63, 3.8) is 0 Å². The Kier molecular flexibility index (Phi) is 77.9. The number of hydrogen-bond donors (Lipinski definition) is 0. The molecule has 0 heterocycles. The molecule has 0 aliphatic heterocycles. The van der Waals surface area contributed by atoms with Crippen LogP contribution in [0.2, 0.25) is 0 Å². The summed E-state index contributed by atoms with van der Waals surface area (Å²) in [5.74, 6) is -2.27. The summed E-state index contributed by atoms with van der Waals surface area (Å²) in [5.41, 5.74) is 0. The van der Waals surface area contributed by atoms with Gasteiger partial charge in [0.05, 0.1) is 40.3 Å². The fourth-order valence-corrected chi connectivity index (χ4v) is 12.2. The Morgan fingerprint density at radius 2 is 0.564 bits per heavy atom. The highest BCUT2D eigenvalue weighted by Crippen LogP contribution is 2.19. The number of nitrogens with zero attached hydrogens (tertiary/aromatic N) is 1. The Hall–Kier alpha value is -4.31. The number of carbonyl (C=O) groups excluding carboxylic acids is 3. The molecule has 0 rings (SSSR count). The van der Waals surface area contributed by atoms with Gasteiger partial charge in [0.2, 0.25) is 0 Å². The van der Waals surface area contributed by atoms with E-state index in [1.807, 2.05) is 21.1 Å². The van der Waals surface area contributed by atoms with Crippen LogP contribution in [0.5, 0.6) is 0 Å². The fourth-order valence-electron chi connectivity index (χ4n) is 12.2. The molecule has 101 heavy (non-hydrogen) atoms. The van der Waals surface area contributed by atoms with E-state index in [-0.39, 0.29) is 32.2 Å². The summed E-state index contributed by atoms with van der Waals surface area (Å²) in [4.78, 5) is 37.7. The van der Waals surface area contributed by atoms with Gasteiger partial charge in [0.15, 0.2) is 12.4 Å². The maximum atomic E-state index is 13.0. The van der Waals surface area contributed by atoms with Gasteiger partial charge in [-0.3, -0.25) is 9.59 Å². The van der Waals surface area contributed by atoms with Crippen molar-refractivity contribution >= 4 is 17.9 Å². The molecule has 0 fully saturated rings. The van der Waals surface area contributed by atoms with Crippen LogP contribution < -0.4 is 5.11 Å². The minimum atomic E-state index is -1.63. The van der Waals surface area contributed by atoms with E-state index in [0.29, 0.717) is 23.9 Å². The molecule has 0 spiro atoms. The van der Waals surface area contributed by atoms with E-state index in [2.05, 4.69) is 135 Å². The predicted octanol–water partition coefficient (Wildman–Crippen LogP) is 26.5. The Morgan fingerprint density at radius 3 is 0.842 bits per heavy atom. The molecule has 0 saturated carbocycles. The summed E-state index contributed by atoms with van der Waals surface area (Å²) in [7, 11) is 5.95. The van der Waals surface area contributed by atoms with Crippen LogP contribution >= 0.6 is 0 Å². The van der Waals surface area contributed by atoms with Crippen LogP contribution in [0.4, 0.5) is 0 Å². The minimum absolute atomic E-state index is 0.146. The molecule has 0 aromatic heterocycles. The lowest BCUT2D eigenvalue weighted by Crippen LogP contribution is -2.44. The third-order valence-electron chi connectivity index (χ3n) is 18.7. The lowest BCUT2D eigenvalue weighted by atomic mass is 10.0. The molecule has 0 bridgehead atoms. The second-order valence-corrected chi connectivity index (χ2v) is 29.7. The quantitative estimate of drug-likeness (QED) is 0.0195. The van der Waals surface area contributed by atoms with Crippen molar-refractivity contribution in [2.45, 2.75) is 399 Å². The van der Waals surface area contributed by atoms with Gasteiger partial charge in [0.1, 0.15) is 13.2 Å². The Bertz CT molecular complexity index is 2090. The van der Waals surface area contributed by atoms with E-state index in [9.17, 15) is 19.5 Å². The van der Waals surface area contributed by atoms with Crippen molar-refractivity contribution in [3.05, 3.63) is 122 Å². The molecule has 0 saturated heterocycles. The maximum absolute atomic E-state index is 13.0. The maximum Gasteiger partial charge on any atom is 0.306 e. The monoisotopic (exact) mass is 1410 g/mol. The molecule has 0 amide bonds. The molecule has 2 unspecified atom stereocenters. The molecule has 582 valence electrons. The first kappa shape index (κ1) is 96.7. The molecule has 0 aliphatic rings. The van der Waals surface area contributed by atoms with Gasteiger partial charge in [-0.1, -0.05) is 386 Å². The molecule has 0 aromatic rings. The van der Waals surface area contributed by atoms with E-state index in [0.717, 1.165) is 96.3 Å². The summed E-state index contributed by atoms with van der Waals surface area (Å²) < 4.78 is 22.9. The smallest absolute Gasteiger partial charge is 0.306 e. The van der Waals surface area contributed by atoms with Crippen molar-refractivity contribution in [2.75, 3.05) is 47.5 Å². The van der Waals surface area contributed by atoms with Crippen molar-refractivity contribution < 1.29 is 42.9 Å². The van der Waals surface area contributed by atoms with E-state index in [4.69, 9.17) is 18.9 Å². The first-order valence-electron chi connectivity index (χ1n) is 42.7. The van der Waals surface area contributed by atoms with Crippen LogP contribution in [0.3, 0.4) is 0 Å². The van der Waals surface area contributed by atoms with Crippen molar-refractivity contribution in [1.82, 2.24) is 0 Å². The number of allylic oxidation sites excluding steroid dienone is 20. The second-order valence-electron chi connectivity index (χ2n) is 29.7. The first-order chi connectivity index (χ1) is 49.6. The van der Waals surface area contributed by atoms with Crippen LogP contribution in [-0.2, 0) is 33.3 Å². The zero-order valence-electron chi connectivity index (χ0n) is 66.8. The van der Waals surface area contributed by atoms with Gasteiger partial charge in [0.25, 0.3) is 0 Å². The SMILES string of the molecule is CC/C=C\C/C=C\C/C=C\C/C=C\C/C=C\C/C=C\C/C=C\CCCCCCCCCCCCCCCCCC(=O)OC(COC(=O)CCCCCCCCCCCCCCCCCCCCCCCCCC/C=C\C/C=C\C/C=C\CCCCCCC)COC(OCC[N+](C)(C)C)C(=O)[O-]. The molecule has 0 radical (unpaired) electrons. The highest BCUT2D eigenvalue weighted by atomic mass is 16.7. The lowest BCUT2D eigenvalue weighted by Gasteiger charge is -2.26. The normalized spacial score (nSPS) is 13.2. The number of likely N-dealkylation sites (N-methyl/N-ethyl adjacent to an activating group) is 1. The Balaban J connectivity index is 3.98. The van der Waals surface area contributed by atoms with Crippen LogP contribution in [0.25, 0.3) is 0 Å².